The van der Waals surface area contributed by atoms with Gasteiger partial charge in [0.15, 0.2) is 0 Å². The van der Waals surface area contributed by atoms with Gasteiger partial charge in [-0.2, -0.15) is 0 Å². The van der Waals surface area contributed by atoms with Crippen LogP contribution in [0.5, 0.6) is 0 Å². The second-order valence-electron chi connectivity index (χ2n) is 5.27. The molecule has 1 amide bonds. The van der Waals surface area contributed by atoms with Gasteiger partial charge in [-0.1, -0.05) is 11.6 Å². The molecule has 0 aliphatic heterocycles. The van der Waals surface area contributed by atoms with Crippen molar-refractivity contribution in [3.05, 3.63) is 59.1 Å². The predicted octanol–water partition coefficient (Wildman–Crippen LogP) is 3.57. The van der Waals surface area contributed by atoms with E-state index in [1.165, 1.54) is 0 Å². The lowest BCUT2D eigenvalue weighted by atomic mass is 10.2. The molecular weight excluding hydrogens is 298 g/mol. The molecule has 2 N–H and O–H groups in total. The van der Waals surface area contributed by atoms with E-state index in [2.05, 4.69) is 15.5 Å². The lowest BCUT2D eigenvalue weighted by Gasteiger charge is -2.12. The maximum atomic E-state index is 12.1. The number of rotatable bonds is 6. The largest absolute Gasteiger partial charge is 0.384 e. The normalized spacial score (nSPS) is 10.5. The van der Waals surface area contributed by atoms with Gasteiger partial charge in [0.1, 0.15) is 0 Å². The quantitative estimate of drug-likeness (QED) is 0.856. The van der Waals surface area contributed by atoms with Crippen LogP contribution in [0.4, 0.5) is 11.4 Å². The first-order valence-corrected chi connectivity index (χ1v) is 7.48. The summed E-state index contributed by atoms with van der Waals surface area (Å²) in [7, 11) is 4.08. The molecule has 2 aromatic rings. The van der Waals surface area contributed by atoms with Crippen LogP contribution in [0.3, 0.4) is 0 Å². The van der Waals surface area contributed by atoms with E-state index in [4.69, 9.17) is 11.6 Å². The smallest absolute Gasteiger partial charge is 0.255 e. The molecule has 0 saturated carbocycles. The SMILES string of the molecule is CN(C)CCNc1ccc(NC(=O)c2ccc(Cl)cc2)cc1. The first-order valence-electron chi connectivity index (χ1n) is 7.10. The van der Waals surface area contributed by atoms with Gasteiger partial charge in [-0.25, -0.2) is 0 Å². The van der Waals surface area contributed by atoms with Crippen LogP contribution in [-0.2, 0) is 0 Å². The topological polar surface area (TPSA) is 44.4 Å². The molecular formula is C17H20ClN3O. The Labute approximate surface area is 136 Å². The molecule has 0 radical (unpaired) electrons. The highest BCUT2D eigenvalue weighted by Gasteiger charge is 2.05. The highest BCUT2D eigenvalue weighted by Crippen LogP contribution is 2.15. The van der Waals surface area contributed by atoms with Gasteiger partial charge in [-0.15, -0.1) is 0 Å². The van der Waals surface area contributed by atoms with Gasteiger partial charge < -0.3 is 15.5 Å². The molecule has 4 nitrogen and oxygen atoms in total. The van der Waals surface area contributed by atoms with E-state index >= 15 is 0 Å². The van der Waals surface area contributed by atoms with Crippen LogP contribution in [0.1, 0.15) is 10.4 Å². The first kappa shape index (κ1) is 16.3. The van der Waals surface area contributed by atoms with Crippen molar-refractivity contribution in [2.75, 3.05) is 37.8 Å². The molecule has 0 spiro atoms. The fraction of sp³-hybridized carbons (Fsp3) is 0.235. The van der Waals surface area contributed by atoms with E-state index in [1.54, 1.807) is 24.3 Å². The van der Waals surface area contributed by atoms with Crippen molar-refractivity contribution in [2.45, 2.75) is 0 Å². The Bertz CT molecular complexity index is 609. The maximum absolute atomic E-state index is 12.1. The van der Waals surface area contributed by atoms with Gasteiger partial charge in [0, 0.05) is 35.1 Å². The van der Waals surface area contributed by atoms with Crippen LogP contribution in [0, 0.1) is 0 Å². The Morgan fingerprint density at radius 3 is 2.18 bits per heavy atom. The standard InChI is InChI=1S/C17H20ClN3O/c1-21(2)12-11-19-15-7-9-16(10-8-15)20-17(22)13-3-5-14(18)6-4-13/h3-10,19H,11-12H2,1-2H3,(H,20,22). The minimum Gasteiger partial charge on any atom is -0.384 e. The van der Waals surface area contributed by atoms with Crippen molar-refractivity contribution < 1.29 is 4.79 Å². The molecule has 0 heterocycles. The molecule has 0 unspecified atom stereocenters. The van der Waals surface area contributed by atoms with E-state index in [9.17, 15) is 4.79 Å². The minimum atomic E-state index is -0.148. The number of nitrogens with zero attached hydrogens (tertiary/aromatic N) is 1. The lowest BCUT2D eigenvalue weighted by molar-refractivity contribution is 0.102. The summed E-state index contributed by atoms with van der Waals surface area (Å²) in [5.74, 6) is -0.148. The van der Waals surface area contributed by atoms with Crippen LogP contribution in [0.2, 0.25) is 5.02 Å². The third kappa shape index (κ3) is 5.06. The van der Waals surface area contributed by atoms with Crippen LogP contribution < -0.4 is 10.6 Å². The predicted molar refractivity (Wildman–Crippen MR) is 92.9 cm³/mol. The number of carbonyl (C=O) groups is 1. The van der Waals surface area contributed by atoms with Gasteiger partial charge in [0.05, 0.1) is 0 Å². The van der Waals surface area contributed by atoms with Crippen LogP contribution in [0.15, 0.2) is 48.5 Å². The number of benzene rings is 2. The number of amides is 1. The van der Waals surface area contributed by atoms with Crippen molar-refractivity contribution >= 4 is 28.9 Å². The molecule has 0 bridgehead atoms. The Balaban J connectivity index is 1.90. The highest BCUT2D eigenvalue weighted by molar-refractivity contribution is 6.30. The molecule has 0 aliphatic rings. The van der Waals surface area contributed by atoms with Crippen LogP contribution in [-0.4, -0.2) is 38.0 Å². The van der Waals surface area contributed by atoms with Gasteiger partial charge >= 0.3 is 0 Å². The van der Waals surface area contributed by atoms with Gasteiger partial charge in [0.25, 0.3) is 5.91 Å². The summed E-state index contributed by atoms with van der Waals surface area (Å²) in [5.41, 5.74) is 2.38. The zero-order valence-electron chi connectivity index (χ0n) is 12.8. The molecule has 116 valence electrons. The number of halogens is 1. The number of carbonyl (C=O) groups excluding carboxylic acids is 1. The Hall–Kier alpha value is -2.04. The molecule has 0 aliphatic carbocycles. The zero-order valence-corrected chi connectivity index (χ0v) is 13.5. The van der Waals surface area contributed by atoms with Crippen LogP contribution in [0.25, 0.3) is 0 Å². The lowest BCUT2D eigenvalue weighted by Crippen LogP contribution is -2.20. The highest BCUT2D eigenvalue weighted by atomic mass is 35.5. The van der Waals surface area contributed by atoms with Crippen molar-refractivity contribution in [3.8, 4) is 0 Å². The number of likely N-dealkylation sites (N-methyl/N-ethyl adjacent to an activating group) is 1. The number of anilines is 2. The average molecular weight is 318 g/mol. The molecule has 2 aromatic carbocycles. The maximum Gasteiger partial charge on any atom is 0.255 e. The van der Waals surface area contributed by atoms with Crippen molar-refractivity contribution in [1.29, 1.82) is 0 Å². The summed E-state index contributed by atoms with van der Waals surface area (Å²) in [6, 6.07) is 14.5. The van der Waals surface area contributed by atoms with Gasteiger partial charge in [0.2, 0.25) is 0 Å². The van der Waals surface area contributed by atoms with Crippen molar-refractivity contribution in [1.82, 2.24) is 4.90 Å². The Kier molecular flexibility index (Phi) is 5.81. The molecule has 0 saturated heterocycles. The average Bonchev–Trinajstić information content (AvgIpc) is 2.49. The molecule has 0 fully saturated rings. The summed E-state index contributed by atoms with van der Waals surface area (Å²) < 4.78 is 0. The third-order valence-corrected chi connectivity index (χ3v) is 3.39. The number of hydrogen-bond acceptors (Lipinski definition) is 3. The summed E-state index contributed by atoms with van der Waals surface area (Å²) in [6.45, 7) is 1.85. The molecule has 0 atom stereocenters. The fourth-order valence-electron chi connectivity index (χ4n) is 1.90. The van der Waals surface area contributed by atoms with Crippen LogP contribution >= 0.6 is 11.6 Å². The molecule has 0 aromatic heterocycles. The van der Waals surface area contributed by atoms with Crippen molar-refractivity contribution in [2.24, 2.45) is 0 Å². The molecule has 22 heavy (non-hydrogen) atoms. The monoisotopic (exact) mass is 317 g/mol. The molecule has 2 rings (SSSR count). The van der Waals surface area contributed by atoms with E-state index < -0.39 is 0 Å². The second kappa shape index (κ2) is 7.82. The van der Waals surface area contributed by atoms with E-state index in [1.807, 2.05) is 38.4 Å². The Morgan fingerprint density at radius 2 is 1.59 bits per heavy atom. The zero-order chi connectivity index (χ0) is 15.9. The molecule has 5 heteroatoms. The van der Waals surface area contributed by atoms with E-state index in [0.29, 0.717) is 10.6 Å². The van der Waals surface area contributed by atoms with Gasteiger partial charge in [-0.3, -0.25) is 4.79 Å². The fourth-order valence-corrected chi connectivity index (χ4v) is 2.03. The van der Waals surface area contributed by atoms with E-state index in [-0.39, 0.29) is 5.91 Å². The third-order valence-electron chi connectivity index (χ3n) is 3.14. The summed E-state index contributed by atoms with van der Waals surface area (Å²) in [5, 5.41) is 6.80. The number of nitrogens with one attached hydrogen (secondary N) is 2. The first-order chi connectivity index (χ1) is 10.5. The van der Waals surface area contributed by atoms with Crippen molar-refractivity contribution in [3.63, 3.8) is 0 Å². The number of hydrogen-bond donors (Lipinski definition) is 2. The summed E-state index contributed by atoms with van der Waals surface area (Å²) in [6.07, 6.45) is 0. The summed E-state index contributed by atoms with van der Waals surface area (Å²) in [4.78, 5) is 14.2. The summed E-state index contributed by atoms with van der Waals surface area (Å²) >= 11 is 5.81. The minimum absolute atomic E-state index is 0.148. The van der Waals surface area contributed by atoms with E-state index in [0.717, 1.165) is 24.5 Å². The Morgan fingerprint density at radius 1 is 1.00 bits per heavy atom. The van der Waals surface area contributed by atoms with Gasteiger partial charge in [-0.05, 0) is 62.6 Å². The second-order valence-corrected chi connectivity index (χ2v) is 5.70.